The van der Waals surface area contributed by atoms with Gasteiger partial charge in [0, 0.05) is 11.1 Å². The van der Waals surface area contributed by atoms with Crippen LogP contribution in [0.25, 0.3) is 10.2 Å². The van der Waals surface area contributed by atoms with E-state index >= 15 is 0 Å². The molecule has 0 atom stereocenters. The lowest BCUT2D eigenvalue weighted by molar-refractivity contribution is 0.104. The lowest BCUT2D eigenvalue weighted by Gasteiger charge is -2.16. The van der Waals surface area contributed by atoms with Gasteiger partial charge in [-0.3, -0.25) is 4.79 Å². The molecule has 5 rings (SSSR count). The Kier molecular flexibility index (Phi) is 5.05. The van der Waals surface area contributed by atoms with Crippen LogP contribution < -0.4 is 0 Å². The van der Waals surface area contributed by atoms with Crippen molar-refractivity contribution < 1.29 is 13.2 Å². The van der Waals surface area contributed by atoms with Crippen LogP contribution >= 0.6 is 23.1 Å². The highest BCUT2D eigenvalue weighted by atomic mass is 32.2. The lowest BCUT2D eigenvalue weighted by atomic mass is 9.94. The Morgan fingerprint density at radius 3 is 2.29 bits per heavy atom. The molecule has 0 spiro atoms. The van der Waals surface area contributed by atoms with Gasteiger partial charge in [-0.2, -0.15) is 12.8 Å². The number of allylic oxidation sites excluding steroid dienone is 2. The number of carbonyl (C=O) groups excluding carboxylic acids is 1. The molecule has 152 valence electrons. The first-order chi connectivity index (χ1) is 15.0. The van der Waals surface area contributed by atoms with E-state index in [9.17, 15) is 13.2 Å². The number of aromatic nitrogens is 1. The molecule has 0 saturated heterocycles. The maximum Gasteiger partial charge on any atom is 0.282 e. The van der Waals surface area contributed by atoms with Gasteiger partial charge in [-0.05, 0) is 30.3 Å². The van der Waals surface area contributed by atoms with Gasteiger partial charge in [0.1, 0.15) is 0 Å². The fourth-order valence-corrected chi connectivity index (χ4v) is 6.34. The summed E-state index contributed by atoms with van der Waals surface area (Å²) in [6, 6.07) is 22.7. The number of fused-ring (bicyclic) bond motifs is 2. The number of ketones is 1. The first kappa shape index (κ1) is 19.9. The molecule has 3 aromatic carbocycles. The second-order valence-electron chi connectivity index (χ2n) is 6.70. The van der Waals surface area contributed by atoms with Crippen LogP contribution in [0.15, 0.2) is 103 Å². The van der Waals surface area contributed by atoms with Gasteiger partial charge in [0.2, 0.25) is 5.78 Å². The number of sulfonamides is 1. The number of Topliss-reactive ketones (excluding diaryl/α,β-unsaturated/α-hetero) is 1. The van der Waals surface area contributed by atoms with Crippen molar-refractivity contribution in [3.63, 3.8) is 0 Å². The molecular weight excluding hydrogens is 448 g/mol. The summed E-state index contributed by atoms with van der Waals surface area (Å²) in [5.41, 5.74) is 2.03. The minimum Gasteiger partial charge on any atom is -0.288 e. The smallest absolute Gasteiger partial charge is 0.282 e. The zero-order chi connectivity index (χ0) is 21.4. The summed E-state index contributed by atoms with van der Waals surface area (Å²) in [5, 5.41) is 0. The van der Waals surface area contributed by atoms with Crippen LogP contribution in [-0.2, 0) is 10.0 Å². The molecule has 0 unspecified atom stereocenters. The third-order valence-corrected chi connectivity index (χ3v) is 8.10. The van der Waals surface area contributed by atoms with Crippen molar-refractivity contribution in [2.24, 2.45) is 4.40 Å². The van der Waals surface area contributed by atoms with Crippen LogP contribution in [-0.4, -0.2) is 24.9 Å². The van der Waals surface area contributed by atoms with E-state index in [0.717, 1.165) is 10.2 Å². The molecule has 1 aliphatic carbocycles. The number of para-hydroxylation sites is 1. The van der Waals surface area contributed by atoms with Crippen molar-refractivity contribution in [1.82, 2.24) is 4.98 Å². The summed E-state index contributed by atoms with van der Waals surface area (Å²) in [6.07, 6.45) is 1.54. The highest BCUT2D eigenvalue weighted by Crippen LogP contribution is 2.37. The maximum absolute atomic E-state index is 13.1. The average molecular weight is 463 g/mol. The molecule has 1 heterocycles. The molecule has 0 saturated carbocycles. The SMILES string of the molecule is O=C1C(Sc2nc3ccccc3s2)=C/C(=N/S(=O)(=O)c2ccccc2)c2ccccc21. The van der Waals surface area contributed by atoms with Crippen LogP contribution in [0.4, 0.5) is 0 Å². The highest BCUT2D eigenvalue weighted by Gasteiger charge is 2.27. The predicted octanol–water partition coefficient (Wildman–Crippen LogP) is 5.35. The fourth-order valence-electron chi connectivity index (χ4n) is 3.22. The van der Waals surface area contributed by atoms with Crippen LogP contribution in [0.3, 0.4) is 0 Å². The number of nitrogens with zero attached hydrogens (tertiary/aromatic N) is 2. The Balaban J connectivity index is 1.60. The van der Waals surface area contributed by atoms with E-state index in [2.05, 4.69) is 9.38 Å². The summed E-state index contributed by atoms with van der Waals surface area (Å²) in [6.45, 7) is 0. The molecule has 1 aromatic heterocycles. The number of thiazole rings is 1. The van der Waals surface area contributed by atoms with Crippen molar-refractivity contribution in [1.29, 1.82) is 0 Å². The van der Waals surface area contributed by atoms with Gasteiger partial charge in [0.15, 0.2) is 4.34 Å². The van der Waals surface area contributed by atoms with E-state index in [-0.39, 0.29) is 16.4 Å². The highest BCUT2D eigenvalue weighted by molar-refractivity contribution is 8.05. The number of thioether (sulfide) groups is 1. The molecule has 0 bridgehead atoms. The summed E-state index contributed by atoms with van der Waals surface area (Å²) < 4.78 is 31.5. The molecule has 0 fully saturated rings. The average Bonchev–Trinajstić information content (AvgIpc) is 3.20. The zero-order valence-corrected chi connectivity index (χ0v) is 18.4. The van der Waals surface area contributed by atoms with E-state index in [0.29, 0.717) is 20.4 Å². The summed E-state index contributed by atoms with van der Waals surface area (Å²) in [4.78, 5) is 18.2. The molecule has 8 heteroatoms. The van der Waals surface area contributed by atoms with Crippen molar-refractivity contribution in [3.05, 3.63) is 101 Å². The fraction of sp³-hybridized carbons (Fsp3) is 0. The van der Waals surface area contributed by atoms with Gasteiger partial charge in [0.05, 0.1) is 25.7 Å². The van der Waals surface area contributed by atoms with Crippen molar-refractivity contribution >= 4 is 54.8 Å². The lowest BCUT2D eigenvalue weighted by Crippen LogP contribution is -2.17. The molecule has 1 aliphatic rings. The molecule has 31 heavy (non-hydrogen) atoms. The van der Waals surface area contributed by atoms with Gasteiger partial charge in [-0.25, -0.2) is 4.98 Å². The second kappa shape index (κ2) is 7.88. The second-order valence-corrected chi connectivity index (χ2v) is 10.6. The predicted molar refractivity (Wildman–Crippen MR) is 124 cm³/mol. The van der Waals surface area contributed by atoms with Gasteiger partial charge >= 0.3 is 0 Å². The van der Waals surface area contributed by atoms with E-state index in [4.69, 9.17) is 0 Å². The standard InChI is InChI=1S/C23H14N2O3S3/c26-22-17-11-5-4-10-16(17)19(25-31(27,28)15-8-2-1-3-9-15)14-21(22)30-23-24-18-12-6-7-13-20(18)29-23/h1-14H/b25-19-. The number of hydrogen-bond donors (Lipinski definition) is 0. The minimum absolute atomic E-state index is 0.102. The molecular formula is C23H14N2O3S3. The van der Waals surface area contributed by atoms with E-state index in [1.54, 1.807) is 48.5 Å². The first-order valence-corrected chi connectivity index (χ1v) is 12.4. The number of benzene rings is 3. The van der Waals surface area contributed by atoms with Crippen molar-refractivity contribution in [2.45, 2.75) is 9.24 Å². The Hall–Kier alpha value is -3.07. The van der Waals surface area contributed by atoms with Crippen LogP contribution in [0.1, 0.15) is 15.9 Å². The third kappa shape index (κ3) is 3.85. The zero-order valence-electron chi connectivity index (χ0n) is 15.9. The molecule has 0 aliphatic heterocycles. The minimum atomic E-state index is -3.93. The summed E-state index contributed by atoms with van der Waals surface area (Å²) in [5.74, 6) is -0.170. The quantitative estimate of drug-likeness (QED) is 0.409. The van der Waals surface area contributed by atoms with E-state index in [1.165, 1.54) is 35.2 Å². The van der Waals surface area contributed by atoms with Gasteiger partial charge < -0.3 is 0 Å². The van der Waals surface area contributed by atoms with E-state index in [1.807, 2.05) is 24.3 Å². The normalized spacial score (nSPS) is 15.2. The molecule has 0 amide bonds. The molecule has 0 N–H and O–H groups in total. The maximum atomic E-state index is 13.1. The van der Waals surface area contributed by atoms with Gasteiger partial charge in [0.25, 0.3) is 10.0 Å². The molecule has 0 radical (unpaired) electrons. The number of rotatable bonds is 4. The van der Waals surface area contributed by atoms with Crippen LogP contribution in [0.5, 0.6) is 0 Å². The summed E-state index contributed by atoms with van der Waals surface area (Å²) in [7, 11) is -3.93. The molecule has 5 nitrogen and oxygen atoms in total. The van der Waals surface area contributed by atoms with Gasteiger partial charge in [-0.15, -0.1) is 11.3 Å². The number of carbonyl (C=O) groups is 1. The third-order valence-electron chi connectivity index (χ3n) is 4.67. The van der Waals surface area contributed by atoms with Gasteiger partial charge in [-0.1, -0.05) is 66.4 Å². The van der Waals surface area contributed by atoms with E-state index < -0.39 is 10.0 Å². The Bertz CT molecular complexity index is 1450. The first-order valence-electron chi connectivity index (χ1n) is 9.30. The molecule has 4 aromatic rings. The topological polar surface area (TPSA) is 76.5 Å². The van der Waals surface area contributed by atoms with Crippen LogP contribution in [0, 0.1) is 0 Å². The van der Waals surface area contributed by atoms with Crippen molar-refractivity contribution in [2.75, 3.05) is 0 Å². The Morgan fingerprint density at radius 1 is 0.839 bits per heavy atom. The van der Waals surface area contributed by atoms with Crippen molar-refractivity contribution in [3.8, 4) is 0 Å². The van der Waals surface area contributed by atoms with Crippen LogP contribution in [0.2, 0.25) is 0 Å². The Labute approximate surface area is 187 Å². The Morgan fingerprint density at radius 2 is 1.52 bits per heavy atom. The number of hydrogen-bond acceptors (Lipinski definition) is 6. The monoisotopic (exact) mass is 462 g/mol. The summed E-state index contributed by atoms with van der Waals surface area (Å²) >= 11 is 2.72. The largest absolute Gasteiger partial charge is 0.288 e.